The molecule has 0 unspecified atom stereocenters. The number of benzene rings is 1. The highest BCUT2D eigenvalue weighted by molar-refractivity contribution is 7.99. The first-order chi connectivity index (χ1) is 12.9. The summed E-state index contributed by atoms with van der Waals surface area (Å²) >= 11 is 1.49. The minimum Gasteiger partial charge on any atom is -0.342 e. The molecule has 1 atom stereocenters. The van der Waals surface area contributed by atoms with Crippen molar-refractivity contribution in [1.82, 2.24) is 19.5 Å². The van der Waals surface area contributed by atoms with Gasteiger partial charge in [0, 0.05) is 18.5 Å². The van der Waals surface area contributed by atoms with E-state index < -0.39 is 0 Å². The number of aromatic nitrogens is 3. The number of aryl methyl sites for hydroxylation is 3. The zero-order chi connectivity index (χ0) is 19.1. The van der Waals surface area contributed by atoms with E-state index >= 15 is 0 Å². The number of hydrogen-bond acceptors (Lipinski definition) is 4. The van der Waals surface area contributed by atoms with Crippen molar-refractivity contribution < 1.29 is 4.79 Å². The number of piperidine rings is 1. The van der Waals surface area contributed by atoms with Gasteiger partial charge in [0.05, 0.1) is 11.3 Å². The summed E-state index contributed by atoms with van der Waals surface area (Å²) in [7, 11) is 0. The molecule has 0 bridgehead atoms. The summed E-state index contributed by atoms with van der Waals surface area (Å²) in [6, 6.07) is 6.56. The van der Waals surface area contributed by atoms with Crippen LogP contribution < -0.4 is 0 Å². The third-order valence-corrected chi connectivity index (χ3v) is 6.35. The predicted molar refractivity (Wildman–Crippen MR) is 110 cm³/mol. The predicted octanol–water partition coefficient (Wildman–Crippen LogP) is 4.16. The average molecular weight is 383 g/mol. The van der Waals surface area contributed by atoms with E-state index in [1.807, 2.05) is 4.90 Å². The van der Waals surface area contributed by atoms with Crippen molar-refractivity contribution in [2.45, 2.75) is 45.7 Å². The fraction of sp³-hybridized carbons (Fsp3) is 0.476. The summed E-state index contributed by atoms with van der Waals surface area (Å²) in [5.74, 6) is 1.21. The number of fused-ring (bicyclic) bond motifs is 3. The largest absolute Gasteiger partial charge is 0.342 e. The van der Waals surface area contributed by atoms with Crippen LogP contribution in [0.15, 0.2) is 23.4 Å². The lowest BCUT2D eigenvalue weighted by molar-refractivity contribution is -0.130. The van der Waals surface area contributed by atoms with E-state index in [4.69, 9.17) is 0 Å². The van der Waals surface area contributed by atoms with Crippen molar-refractivity contribution in [2.24, 2.45) is 5.92 Å². The lowest BCUT2D eigenvalue weighted by atomic mass is 10.0. The first-order valence-corrected chi connectivity index (χ1v) is 10.6. The molecule has 6 heteroatoms. The van der Waals surface area contributed by atoms with E-state index in [2.05, 4.69) is 60.5 Å². The second kappa shape index (κ2) is 7.15. The van der Waals surface area contributed by atoms with Gasteiger partial charge in [0.2, 0.25) is 5.91 Å². The molecule has 27 heavy (non-hydrogen) atoms. The van der Waals surface area contributed by atoms with E-state index in [0.717, 1.165) is 41.4 Å². The topological polar surface area (TPSA) is 50.5 Å². The summed E-state index contributed by atoms with van der Waals surface area (Å²) < 4.78 is 2.11. The summed E-state index contributed by atoms with van der Waals surface area (Å²) in [4.78, 5) is 14.7. The Morgan fingerprint density at radius 2 is 2.00 bits per heavy atom. The number of thioether (sulfide) groups is 1. The van der Waals surface area contributed by atoms with E-state index in [9.17, 15) is 4.79 Å². The van der Waals surface area contributed by atoms with Gasteiger partial charge in [0.15, 0.2) is 10.8 Å². The quantitative estimate of drug-likeness (QED) is 0.638. The standard InChI is InChI=1S/C21H26N4OS/c1-13-6-5-7-24(11-13)19(26)12-27-21-23-22-20-16(4)10-17-15(3)8-14(2)9-18(17)25(20)21/h8-10,13H,5-7,11-12H2,1-4H3/t13-/m1/s1. The van der Waals surface area contributed by atoms with E-state index in [1.54, 1.807) is 0 Å². The van der Waals surface area contributed by atoms with Crippen LogP contribution in [-0.2, 0) is 4.79 Å². The molecule has 1 aromatic carbocycles. The van der Waals surface area contributed by atoms with E-state index in [-0.39, 0.29) is 5.91 Å². The molecule has 0 radical (unpaired) electrons. The molecule has 142 valence electrons. The average Bonchev–Trinajstić information content (AvgIpc) is 3.06. The maximum atomic E-state index is 12.7. The fourth-order valence-electron chi connectivity index (χ4n) is 4.08. The summed E-state index contributed by atoms with van der Waals surface area (Å²) in [6.45, 7) is 10.3. The molecular formula is C21H26N4OS. The van der Waals surface area contributed by atoms with Crippen LogP contribution in [0.3, 0.4) is 0 Å². The molecule has 0 N–H and O–H groups in total. The molecule has 0 aliphatic carbocycles. The molecule has 1 amide bonds. The number of carbonyl (C=O) groups is 1. The molecule has 4 rings (SSSR count). The molecule has 2 aromatic heterocycles. The highest BCUT2D eigenvalue weighted by Gasteiger charge is 2.22. The highest BCUT2D eigenvalue weighted by Crippen LogP contribution is 2.28. The molecule has 5 nitrogen and oxygen atoms in total. The number of carbonyl (C=O) groups excluding carboxylic acids is 1. The minimum atomic E-state index is 0.201. The lowest BCUT2D eigenvalue weighted by Crippen LogP contribution is -2.40. The Morgan fingerprint density at radius 1 is 1.19 bits per heavy atom. The molecule has 3 heterocycles. The van der Waals surface area contributed by atoms with Crippen LogP contribution in [0.1, 0.15) is 36.5 Å². The van der Waals surface area contributed by atoms with Gasteiger partial charge < -0.3 is 4.90 Å². The van der Waals surface area contributed by atoms with Crippen LogP contribution in [0, 0.1) is 26.7 Å². The maximum absolute atomic E-state index is 12.7. The van der Waals surface area contributed by atoms with Crippen LogP contribution in [0.25, 0.3) is 16.6 Å². The third kappa shape index (κ3) is 3.43. The van der Waals surface area contributed by atoms with Gasteiger partial charge in [-0.15, -0.1) is 10.2 Å². The number of rotatable bonds is 3. The smallest absolute Gasteiger partial charge is 0.233 e. The van der Waals surface area contributed by atoms with Gasteiger partial charge in [-0.1, -0.05) is 24.8 Å². The Bertz CT molecular complexity index is 1030. The number of pyridine rings is 1. The Kier molecular flexibility index (Phi) is 4.84. The van der Waals surface area contributed by atoms with Crippen molar-refractivity contribution in [3.63, 3.8) is 0 Å². The van der Waals surface area contributed by atoms with Crippen molar-refractivity contribution in [1.29, 1.82) is 0 Å². The van der Waals surface area contributed by atoms with Crippen molar-refractivity contribution in [3.05, 3.63) is 34.9 Å². The molecule has 1 aliphatic rings. The Balaban J connectivity index is 1.67. The van der Waals surface area contributed by atoms with Crippen molar-refractivity contribution in [2.75, 3.05) is 18.8 Å². The zero-order valence-electron chi connectivity index (χ0n) is 16.5. The number of hydrogen-bond donors (Lipinski definition) is 0. The van der Waals surface area contributed by atoms with Crippen molar-refractivity contribution >= 4 is 34.2 Å². The van der Waals surface area contributed by atoms with Crippen molar-refractivity contribution in [3.8, 4) is 0 Å². The third-order valence-electron chi connectivity index (χ3n) is 5.43. The van der Waals surface area contributed by atoms with Gasteiger partial charge in [-0.3, -0.25) is 9.20 Å². The number of amides is 1. The van der Waals surface area contributed by atoms with Crippen LogP contribution in [-0.4, -0.2) is 44.2 Å². The second-order valence-corrected chi connectivity index (χ2v) is 8.80. The monoisotopic (exact) mass is 382 g/mol. The Morgan fingerprint density at radius 3 is 2.78 bits per heavy atom. The SMILES string of the molecule is Cc1cc(C)c2cc(C)c3nnc(SCC(=O)N4CCC[C@@H](C)C4)n3c2c1. The van der Waals surface area contributed by atoms with Gasteiger partial charge in [-0.05, 0) is 68.4 Å². The van der Waals surface area contributed by atoms with E-state index in [0.29, 0.717) is 11.7 Å². The summed E-state index contributed by atoms with van der Waals surface area (Å²) in [5, 5.41) is 10.8. The van der Waals surface area contributed by atoms with Crippen LogP contribution in [0.5, 0.6) is 0 Å². The normalized spacial score (nSPS) is 17.8. The van der Waals surface area contributed by atoms with Crippen LogP contribution >= 0.6 is 11.8 Å². The maximum Gasteiger partial charge on any atom is 0.233 e. The Labute approximate surface area is 164 Å². The van der Waals surface area contributed by atoms with Crippen LogP contribution in [0.4, 0.5) is 0 Å². The molecule has 1 fully saturated rings. The van der Waals surface area contributed by atoms with Gasteiger partial charge in [-0.2, -0.15) is 0 Å². The Hall–Kier alpha value is -2.08. The van der Waals surface area contributed by atoms with E-state index in [1.165, 1.54) is 34.7 Å². The first kappa shape index (κ1) is 18.3. The van der Waals surface area contributed by atoms with Gasteiger partial charge >= 0.3 is 0 Å². The number of likely N-dealkylation sites (tertiary alicyclic amines) is 1. The molecular weight excluding hydrogens is 356 g/mol. The molecule has 3 aromatic rings. The molecule has 0 saturated carbocycles. The van der Waals surface area contributed by atoms with Gasteiger partial charge in [0.1, 0.15) is 0 Å². The molecule has 0 spiro atoms. The summed E-state index contributed by atoms with van der Waals surface area (Å²) in [6.07, 6.45) is 2.32. The second-order valence-electron chi connectivity index (χ2n) is 7.86. The number of nitrogens with zero attached hydrogens (tertiary/aromatic N) is 4. The van der Waals surface area contributed by atoms with Crippen LogP contribution in [0.2, 0.25) is 0 Å². The molecule has 1 aliphatic heterocycles. The zero-order valence-corrected chi connectivity index (χ0v) is 17.3. The fourth-order valence-corrected chi connectivity index (χ4v) is 4.93. The van der Waals surface area contributed by atoms with Gasteiger partial charge in [0.25, 0.3) is 0 Å². The highest BCUT2D eigenvalue weighted by atomic mass is 32.2. The first-order valence-electron chi connectivity index (χ1n) is 9.60. The van der Waals surface area contributed by atoms with Gasteiger partial charge in [-0.25, -0.2) is 0 Å². The minimum absolute atomic E-state index is 0.201. The lowest BCUT2D eigenvalue weighted by Gasteiger charge is -2.30. The summed E-state index contributed by atoms with van der Waals surface area (Å²) in [5.41, 5.74) is 5.55. The molecule has 1 saturated heterocycles.